The van der Waals surface area contributed by atoms with Crippen LogP contribution in [-0.4, -0.2) is 57.8 Å². The number of aryl methyl sites for hydroxylation is 1. The van der Waals surface area contributed by atoms with Crippen LogP contribution in [0.1, 0.15) is 47.6 Å². The molecule has 3 aromatic rings. The van der Waals surface area contributed by atoms with E-state index in [9.17, 15) is 33.4 Å². The Kier molecular flexibility index (Phi) is 13.7. The average Bonchev–Trinajstić information content (AvgIpc) is 3.00. The normalized spacial score (nSPS) is 21.4. The Labute approximate surface area is 291 Å². The Bertz CT molecular complexity index is 1560. The number of aliphatic hydroxyl groups is 3. The molecule has 0 fully saturated rings. The molecule has 0 aliphatic carbocycles. The van der Waals surface area contributed by atoms with E-state index in [2.05, 4.69) is 4.99 Å². The molecule has 4 bridgehead atoms. The molecule has 5 atom stereocenters. The number of benzene rings is 3. The molecule has 0 aromatic heterocycles. The topological polar surface area (TPSA) is 212 Å². The summed E-state index contributed by atoms with van der Waals surface area (Å²) >= 11 is 0. The van der Waals surface area contributed by atoms with Crippen LogP contribution in [0.25, 0.3) is 0 Å². The number of rotatable bonds is 10. The minimum atomic E-state index is -4.76. The fourth-order valence-corrected chi connectivity index (χ4v) is 6.74. The smallest absolute Gasteiger partial charge is 0.748 e. The van der Waals surface area contributed by atoms with Crippen LogP contribution in [0.5, 0.6) is 11.5 Å². The summed E-state index contributed by atoms with van der Waals surface area (Å²) in [5.74, 6) is -0.968. The Morgan fingerprint density at radius 1 is 1.02 bits per heavy atom. The summed E-state index contributed by atoms with van der Waals surface area (Å²) < 4.78 is 44.4. The zero-order valence-corrected chi connectivity index (χ0v) is 28.6. The molecular formula is C33H40N3NaO8S. The number of aromatic hydroxyl groups is 1. The number of phenolic OH excluding ortho intramolecular Hbond substituents is 1. The van der Waals surface area contributed by atoms with Crippen molar-refractivity contribution >= 4 is 16.1 Å². The predicted octanol–water partition coefficient (Wildman–Crippen LogP) is -0.409. The van der Waals surface area contributed by atoms with Gasteiger partial charge < -0.3 is 41.2 Å². The average molecular weight is 662 g/mol. The van der Waals surface area contributed by atoms with Gasteiger partial charge in [-0.1, -0.05) is 60.7 Å². The quantitative estimate of drug-likeness (QED) is 0.0544. The van der Waals surface area contributed by atoms with Gasteiger partial charge in [0, 0.05) is 25.2 Å². The van der Waals surface area contributed by atoms with Crippen molar-refractivity contribution in [3.8, 4) is 11.5 Å². The monoisotopic (exact) mass is 661 g/mol. The fourth-order valence-electron chi connectivity index (χ4n) is 5.72. The second-order valence-corrected chi connectivity index (χ2v) is 13.0. The summed E-state index contributed by atoms with van der Waals surface area (Å²) in [6, 6.07) is 19.9. The Hall–Kier alpha value is -2.94. The van der Waals surface area contributed by atoms with Gasteiger partial charge in [0.2, 0.25) is 5.72 Å². The molecule has 0 amide bonds. The number of ether oxygens (including phenoxy) is 1. The Balaban J connectivity index is 0.00000576. The van der Waals surface area contributed by atoms with Crippen molar-refractivity contribution in [1.29, 1.82) is 0 Å². The third-order valence-electron chi connectivity index (χ3n) is 8.10. The molecule has 4 heterocycles. The van der Waals surface area contributed by atoms with Gasteiger partial charge in [-0.25, -0.2) is 13.4 Å². The van der Waals surface area contributed by atoms with E-state index in [1.807, 2.05) is 0 Å². The van der Waals surface area contributed by atoms with E-state index in [-0.39, 0.29) is 86.6 Å². The van der Waals surface area contributed by atoms with E-state index in [1.165, 1.54) is 18.2 Å². The maximum atomic E-state index is 12.7. The zero-order chi connectivity index (χ0) is 32.6. The SMILES string of the molecule is NC(N)=NC1(CC(CO)CCO)Oc2ccc(cc2)CCC(S(=O)(=O)[O-])C(C=CC(O)c2ccc(O)cc2)Cc2ccc1cc2.[Na+]. The summed E-state index contributed by atoms with van der Waals surface area (Å²) in [4.78, 5) is 4.50. The first-order valence-corrected chi connectivity index (χ1v) is 16.2. The van der Waals surface area contributed by atoms with Crippen molar-refractivity contribution in [2.24, 2.45) is 28.3 Å². The molecule has 0 saturated heterocycles. The van der Waals surface area contributed by atoms with Crippen molar-refractivity contribution in [3.05, 3.63) is 107 Å². The number of aliphatic hydroxyl groups excluding tert-OH is 3. The number of hydrogen-bond donors (Lipinski definition) is 6. The Morgan fingerprint density at radius 3 is 2.22 bits per heavy atom. The molecule has 8 N–H and O–H groups in total. The molecule has 242 valence electrons. The van der Waals surface area contributed by atoms with Gasteiger partial charge in [-0.2, -0.15) is 0 Å². The Morgan fingerprint density at radius 2 is 1.65 bits per heavy atom. The van der Waals surface area contributed by atoms with Crippen LogP contribution in [0, 0.1) is 11.8 Å². The van der Waals surface area contributed by atoms with Crippen molar-refractivity contribution < 1.29 is 67.7 Å². The van der Waals surface area contributed by atoms with Crippen LogP contribution >= 0.6 is 0 Å². The second-order valence-electron chi connectivity index (χ2n) is 11.4. The first-order chi connectivity index (χ1) is 21.4. The van der Waals surface area contributed by atoms with E-state index >= 15 is 0 Å². The number of guanidine groups is 1. The summed E-state index contributed by atoms with van der Waals surface area (Å²) in [7, 11) is -4.76. The first kappa shape index (κ1) is 37.5. The summed E-state index contributed by atoms with van der Waals surface area (Å²) in [6.07, 6.45) is 2.87. The minimum absolute atomic E-state index is 0. The van der Waals surface area contributed by atoms with Crippen LogP contribution in [-0.2, 0) is 28.7 Å². The molecule has 5 unspecified atom stereocenters. The predicted molar refractivity (Wildman–Crippen MR) is 169 cm³/mol. The van der Waals surface area contributed by atoms with Crippen LogP contribution < -0.4 is 45.8 Å². The van der Waals surface area contributed by atoms with Crippen LogP contribution in [0.2, 0.25) is 0 Å². The van der Waals surface area contributed by atoms with Gasteiger partial charge in [-0.05, 0) is 78.5 Å². The molecule has 0 saturated carbocycles. The molecular weight excluding hydrogens is 621 g/mol. The number of nitrogens with two attached hydrogens (primary N) is 2. The number of aliphatic imine (C=N–C) groups is 1. The summed E-state index contributed by atoms with van der Waals surface area (Å²) in [5.41, 5.74) is 12.8. The molecule has 13 heteroatoms. The number of allylic oxidation sites excluding steroid dienone is 1. The van der Waals surface area contributed by atoms with E-state index in [0.29, 0.717) is 22.4 Å². The molecule has 4 aliphatic rings. The third-order valence-corrected chi connectivity index (χ3v) is 9.43. The first-order valence-electron chi connectivity index (χ1n) is 14.7. The van der Waals surface area contributed by atoms with E-state index in [4.69, 9.17) is 16.2 Å². The van der Waals surface area contributed by atoms with Crippen molar-refractivity contribution in [2.75, 3.05) is 13.2 Å². The fraction of sp³-hybridized carbons (Fsp3) is 0.364. The van der Waals surface area contributed by atoms with Gasteiger partial charge in [0.25, 0.3) is 0 Å². The van der Waals surface area contributed by atoms with E-state index in [0.717, 1.165) is 5.56 Å². The number of nitrogens with zero attached hydrogens (tertiary/aromatic N) is 1. The minimum Gasteiger partial charge on any atom is -0.748 e. The number of hydrogen-bond acceptors (Lipinski definition) is 9. The van der Waals surface area contributed by atoms with E-state index < -0.39 is 39.0 Å². The largest absolute Gasteiger partial charge is 1.00 e. The van der Waals surface area contributed by atoms with Gasteiger partial charge in [0.1, 0.15) is 11.5 Å². The maximum Gasteiger partial charge on any atom is 1.00 e. The zero-order valence-electron chi connectivity index (χ0n) is 25.8. The van der Waals surface area contributed by atoms with Crippen LogP contribution in [0.15, 0.2) is 89.9 Å². The van der Waals surface area contributed by atoms with Crippen molar-refractivity contribution in [3.63, 3.8) is 0 Å². The van der Waals surface area contributed by atoms with Crippen molar-refractivity contribution in [1.82, 2.24) is 0 Å². The molecule has 0 radical (unpaired) electrons. The third kappa shape index (κ3) is 10.0. The van der Waals surface area contributed by atoms with Gasteiger partial charge in [0.05, 0.1) is 21.5 Å². The van der Waals surface area contributed by atoms with Gasteiger partial charge in [0.15, 0.2) is 5.96 Å². The summed E-state index contributed by atoms with van der Waals surface area (Å²) in [5, 5.41) is 38.7. The van der Waals surface area contributed by atoms with Gasteiger partial charge in [-0.3, -0.25) is 0 Å². The van der Waals surface area contributed by atoms with Gasteiger partial charge in [-0.15, -0.1) is 0 Å². The van der Waals surface area contributed by atoms with Gasteiger partial charge >= 0.3 is 29.6 Å². The second kappa shape index (κ2) is 16.8. The van der Waals surface area contributed by atoms with Crippen LogP contribution in [0.4, 0.5) is 0 Å². The molecule has 0 spiro atoms. The van der Waals surface area contributed by atoms with Crippen molar-refractivity contribution in [2.45, 2.75) is 49.2 Å². The molecule has 11 nitrogen and oxygen atoms in total. The number of phenols is 1. The molecule has 46 heavy (non-hydrogen) atoms. The van der Waals surface area contributed by atoms with Crippen LogP contribution in [0.3, 0.4) is 0 Å². The molecule has 4 aliphatic heterocycles. The molecule has 3 aromatic carbocycles. The maximum absolute atomic E-state index is 12.7. The molecule has 7 rings (SSSR count). The summed E-state index contributed by atoms with van der Waals surface area (Å²) in [6.45, 7) is -0.394. The standard InChI is InChI=1S/C33H41N3O8S.Na/c34-32(35)36-33(20-24(21-38)17-18-37)27-9-1-23(2-10-27)19-26(8-15-30(40)25-6-11-28(39)12-7-25)31(45(41,42)43)16-5-22-3-13-29(44-33)14-4-22;/h1-4,6-15,24,26,30-31,37-40H,5,16-21H2,(H4,34,35,36)(H,41,42,43);/q;+1/p-1. The van der Waals surface area contributed by atoms with E-state index in [1.54, 1.807) is 66.7 Å².